The molecule has 0 aliphatic carbocycles. The molecule has 6 heteroatoms. The number of carbonyl (C=O) groups excluding carboxylic acids is 3. The standard InChI is InChI=1S/C18H21N3O3/c22-16(13-5-2-1-3-6-13)19-11-8-14(9-12-19)21-17(23)15-7-4-10-20(15)18(21)24/h1-3,5-6,14-15H,4,7-12H2/t15-/m1/s1. The van der Waals surface area contributed by atoms with Gasteiger partial charge < -0.3 is 9.80 Å². The zero-order valence-electron chi connectivity index (χ0n) is 13.6. The summed E-state index contributed by atoms with van der Waals surface area (Å²) in [5, 5.41) is 0. The molecule has 0 saturated carbocycles. The van der Waals surface area contributed by atoms with Gasteiger partial charge >= 0.3 is 6.03 Å². The largest absolute Gasteiger partial charge is 0.338 e. The van der Waals surface area contributed by atoms with Crippen LogP contribution < -0.4 is 0 Å². The molecule has 0 N–H and O–H groups in total. The normalized spacial score (nSPS) is 24.7. The van der Waals surface area contributed by atoms with Crippen molar-refractivity contribution < 1.29 is 14.4 Å². The Morgan fingerprint density at radius 1 is 0.958 bits per heavy atom. The zero-order chi connectivity index (χ0) is 16.7. The fraction of sp³-hybridized carbons (Fsp3) is 0.500. The van der Waals surface area contributed by atoms with Crippen molar-refractivity contribution in [2.75, 3.05) is 19.6 Å². The maximum absolute atomic E-state index is 12.5. The SMILES string of the molecule is O=C(c1ccccc1)N1CCC(N2C(=O)[C@H]3CCCN3C2=O)CC1. The molecule has 4 amide bonds. The van der Waals surface area contributed by atoms with Crippen LogP contribution in [-0.2, 0) is 4.79 Å². The molecule has 4 rings (SSSR count). The number of urea groups is 1. The Hall–Kier alpha value is -2.37. The molecule has 1 atom stereocenters. The van der Waals surface area contributed by atoms with Gasteiger partial charge in [-0.1, -0.05) is 18.2 Å². The molecule has 3 aliphatic heterocycles. The minimum absolute atomic E-state index is 0.0220. The van der Waals surface area contributed by atoms with Gasteiger partial charge in [-0.25, -0.2) is 4.79 Å². The van der Waals surface area contributed by atoms with Crippen molar-refractivity contribution >= 4 is 17.8 Å². The first-order valence-corrected chi connectivity index (χ1v) is 8.65. The first-order chi connectivity index (χ1) is 11.7. The molecule has 126 valence electrons. The Bertz CT molecular complexity index is 645. The van der Waals surface area contributed by atoms with Gasteiger partial charge in [0.25, 0.3) is 11.8 Å². The van der Waals surface area contributed by atoms with Crippen LogP contribution in [0.1, 0.15) is 36.0 Å². The van der Waals surface area contributed by atoms with E-state index in [1.807, 2.05) is 35.2 Å². The van der Waals surface area contributed by atoms with E-state index >= 15 is 0 Å². The van der Waals surface area contributed by atoms with Crippen molar-refractivity contribution in [3.8, 4) is 0 Å². The zero-order valence-corrected chi connectivity index (χ0v) is 13.6. The molecule has 0 unspecified atom stereocenters. The lowest BCUT2D eigenvalue weighted by molar-refractivity contribution is -0.130. The number of piperidine rings is 1. The van der Waals surface area contributed by atoms with Gasteiger partial charge in [0.2, 0.25) is 0 Å². The minimum atomic E-state index is -0.235. The number of carbonyl (C=O) groups is 3. The maximum atomic E-state index is 12.5. The molecule has 3 saturated heterocycles. The molecule has 3 heterocycles. The smallest absolute Gasteiger partial charge is 0.327 e. The molecule has 3 fully saturated rings. The van der Waals surface area contributed by atoms with E-state index in [-0.39, 0.29) is 29.9 Å². The molecule has 0 spiro atoms. The Balaban J connectivity index is 1.41. The second kappa shape index (κ2) is 5.92. The monoisotopic (exact) mass is 327 g/mol. The summed E-state index contributed by atoms with van der Waals surface area (Å²) in [5.74, 6) is -0.0147. The van der Waals surface area contributed by atoms with Crippen LogP contribution >= 0.6 is 0 Å². The highest BCUT2D eigenvalue weighted by molar-refractivity contribution is 6.05. The first kappa shape index (κ1) is 15.2. The van der Waals surface area contributed by atoms with Crippen LogP contribution in [0.15, 0.2) is 30.3 Å². The number of amides is 4. The van der Waals surface area contributed by atoms with Gasteiger partial charge in [0.15, 0.2) is 0 Å². The van der Waals surface area contributed by atoms with Gasteiger partial charge in [-0.3, -0.25) is 14.5 Å². The summed E-state index contributed by atoms with van der Waals surface area (Å²) in [6.07, 6.45) is 3.03. The molecule has 0 radical (unpaired) electrons. The van der Waals surface area contributed by atoms with Crippen molar-refractivity contribution in [2.24, 2.45) is 0 Å². The quantitative estimate of drug-likeness (QED) is 0.777. The van der Waals surface area contributed by atoms with Gasteiger partial charge in [-0.2, -0.15) is 0 Å². The highest BCUT2D eigenvalue weighted by atomic mass is 16.2. The lowest BCUT2D eigenvalue weighted by Gasteiger charge is -2.35. The Kier molecular flexibility index (Phi) is 3.75. The summed E-state index contributed by atoms with van der Waals surface area (Å²) in [6, 6.07) is 8.79. The molecule has 0 aromatic heterocycles. The predicted octanol–water partition coefficient (Wildman–Crippen LogP) is 1.72. The van der Waals surface area contributed by atoms with E-state index in [0.29, 0.717) is 38.0 Å². The van der Waals surface area contributed by atoms with Gasteiger partial charge in [-0.05, 0) is 37.8 Å². The molecule has 1 aromatic rings. The molecule has 1 aromatic carbocycles. The number of rotatable bonds is 2. The third-order valence-electron chi connectivity index (χ3n) is 5.36. The van der Waals surface area contributed by atoms with Crippen LogP contribution in [0.2, 0.25) is 0 Å². The Morgan fingerprint density at radius 2 is 1.67 bits per heavy atom. The molecular weight excluding hydrogens is 306 g/mol. The Morgan fingerprint density at radius 3 is 2.33 bits per heavy atom. The summed E-state index contributed by atoms with van der Waals surface area (Å²) in [4.78, 5) is 42.5. The van der Waals surface area contributed by atoms with Crippen LogP contribution in [0.25, 0.3) is 0 Å². The molecule has 0 bridgehead atoms. The number of nitrogens with zero attached hydrogens (tertiary/aromatic N) is 3. The topological polar surface area (TPSA) is 60.9 Å². The highest BCUT2D eigenvalue weighted by Crippen LogP contribution is 2.31. The second-order valence-electron chi connectivity index (χ2n) is 6.73. The van der Waals surface area contributed by atoms with Gasteiger partial charge in [0.1, 0.15) is 6.04 Å². The second-order valence-corrected chi connectivity index (χ2v) is 6.73. The van der Waals surface area contributed by atoms with Crippen molar-refractivity contribution in [1.29, 1.82) is 0 Å². The van der Waals surface area contributed by atoms with Crippen LogP contribution in [-0.4, -0.2) is 64.3 Å². The number of benzene rings is 1. The van der Waals surface area contributed by atoms with Crippen LogP contribution in [0.4, 0.5) is 4.79 Å². The third-order valence-corrected chi connectivity index (χ3v) is 5.36. The fourth-order valence-corrected chi connectivity index (χ4v) is 4.07. The summed E-state index contributed by atoms with van der Waals surface area (Å²) in [7, 11) is 0. The molecular formula is C18H21N3O3. The summed E-state index contributed by atoms with van der Waals surface area (Å²) >= 11 is 0. The number of imide groups is 1. The number of hydrogen-bond donors (Lipinski definition) is 0. The van der Waals surface area contributed by atoms with E-state index < -0.39 is 0 Å². The number of fused-ring (bicyclic) bond motifs is 1. The van der Waals surface area contributed by atoms with Gasteiger partial charge in [0.05, 0.1) is 0 Å². The van der Waals surface area contributed by atoms with Crippen molar-refractivity contribution in [2.45, 2.75) is 37.8 Å². The summed E-state index contributed by atoms with van der Waals surface area (Å²) in [5.41, 5.74) is 0.685. The van der Waals surface area contributed by atoms with Crippen molar-refractivity contribution in [3.63, 3.8) is 0 Å². The van der Waals surface area contributed by atoms with E-state index in [0.717, 1.165) is 12.8 Å². The van der Waals surface area contributed by atoms with E-state index in [1.165, 1.54) is 4.90 Å². The van der Waals surface area contributed by atoms with E-state index in [2.05, 4.69) is 0 Å². The average Bonchev–Trinajstić information content (AvgIpc) is 3.20. The first-order valence-electron chi connectivity index (χ1n) is 8.65. The molecule has 24 heavy (non-hydrogen) atoms. The number of hydrogen-bond acceptors (Lipinski definition) is 3. The fourth-order valence-electron chi connectivity index (χ4n) is 4.07. The summed E-state index contributed by atoms with van der Waals surface area (Å²) in [6.45, 7) is 1.86. The lowest BCUT2D eigenvalue weighted by Crippen LogP contribution is -2.49. The van der Waals surface area contributed by atoms with Gasteiger partial charge in [-0.15, -0.1) is 0 Å². The van der Waals surface area contributed by atoms with E-state index in [1.54, 1.807) is 4.90 Å². The minimum Gasteiger partial charge on any atom is -0.338 e. The lowest BCUT2D eigenvalue weighted by atomic mass is 10.0. The average molecular weight is 327 g/mol. The highest BCUT2D eigenvalue weighted by Gasteiger charge is 2.50. The van der Waals surface area contributed by atoms with Crippen molar-refractivity contribution in [3.05, 3.63) is 35.9 Å². The van der Waals surface area contributed by atoms with Gasteiger partial charge in [0, 0.05) is 31.2 Å². The van der Waals surface area contributed by atoms with Crippen LogP contribution in [0.5, 0.6) is 0 Å². The maximum Gasteiger partial charge on any atom is 0.327 e. The Labute approximate surface area is 141 Å². The van der Waals surface area contributed by atoms with E-state index in [9.17, 15) is 14.4 Å². The molecule has 3 aliphatic rings. The van der Waals surface area contributed by atoms with Crippen LogP contribution in [0, 0.1) is 0 Å². The predicted molar refractivity (Wildman–Crippen MR) is 87.3 cm³/mol. The van der Waals surface area contributed by atoms with E-state index in [4.69, 9.17) is 0 Å². The number of likely N-dealkylation sites (tertiary alicyclic amines) is 1. The third kappa shape index (κ3) is 2.37. The summed E-state index contributed by atoms with van der Waals surface area (Å²) < 4.78 is 0. The van der Waals surface area contributed by atoms with Crippen LogP contribution in [0.3, 0.4) is 0 Å². The molecule has 6 nitrogen and oxygen atoms in total. The van der Waals surface area contributed by atoms with Crippen molar-refractivity contribution in [1.82, 2.24) is 14.7 Å².